The molecule has 0 bridgehead atoms. The predicted molar refractivity (Wildman–Crippen MR) is 145 cm³/mol. The minimum Gasteiger partial charge on any atom is -0.491 e. The number of benzene rings is 1. The second-order valence-corrected chi connectivity index (χ2v) is 8.96. The Hall–Kier alpha value is -4.60. The maximum atomic E-state index is 13.9. The van der Waals surface area contributed by atoms with E-state index in [1.165, 1.54) is 4.57 Å². The quantitative estimate of drug-likeness (QED) is 0.149. The van der Waals surface area contributed by atoms with Crippen LogP contribution in [0.3, 0.4) is 0 Å². The van der Waals surface area contributed by atoms with E-state index in [9.17, 15) is 4.79 Å². The molecule has 3 heterocycles. The van der Waals surface area contributed by atoms with Gasteiger partial charge in [0.05, 0.1) is 30.4 Å². The van der Waals surface area contributed by atoms with Crippen LogP contribution in [0.4, 0.5) is 0 Å². The fourth-order valence-electron chi connectivity index (χ4n) is 4.21. The summed E-state index contributed by atoms with van der Waals surface area (Å²) in [5, 5.41) is 12.2. The summed E-state index contributed by atoms with van der Waals surface area (Å²) in [4.78, 5) is 32.1. The van der Waals surface area contributed by atoms with Gasteiger partial charge in [-0.15, -0.1) is 0 Å². The van der Waals surface area contributed by atoms with E-state index in [2.05, 4.69) is 20.1 Å². The van der Waals surface area contributed by atoms with Crippen LogP contribution in [-0.2, 0) is 12.8 Å². The molecule has 38 heavy (non-hydrogen) atoms. The van der Waals surface area contributed by atoms with Gasteiger partial charge in [0.15, 0.2) is 11.6 Å². The lowest BCUT2D eigenvalue weighted by Gasteiger charge is -2.18. The molecule has 0 amide bonds. The Bertz CT molecular complexity index is 1490. The Morgan fingerprint density at radius 1 is 1.08 bits per heavy atom. The second kappa shape index (κ2) is 11.6. The number of aromatic nitrogens is 5. The predicted octanol–water partition coefficient (Wildman–Crippen LogP) is 3.85. The van der Waals surface area contributed by atoms with Crippen LogP contribution in [0.2, 0.25) is 0 Å². The van der Waals surface area contributed by atoms with Gasteiger partial charge in [-0.25, -0.2) is 19.5 Å². The number of nitrogens with zero attached hydrogens (tertiary/aromatic N) is 6. The van der Waals surface area contributed by atoms with Gasteiger partial charge in [0.1, 0.15) is 5.82 Å². The molecule has 4 rings (SSSR count). The minimum atomic E-state index is -0.203. The summed E-state index contributed by atoms with van der Waals surface area (Å²) < 4.78 is 6.94. The molecule has 10 nitrogen and oxygen atoms in total. The maximum absolute atomic E-state index is 13.9. The maximum Gasteiger partial charge on any atom is 0.264 e. The molecule has 0 unspecified atom stereocenters. The highest BCUT2D eigenvalue weighted by molar-refractivity contribution is 6.02. The van der Waals surface area contributed by atoms with Crippen LogP contribution in [0.1, 0.15) is 61.8 Å². The smallest absolute Gasteiger partial charge is 0.264 e. The molecule has 10 heteroatoms. The van der Waals surface area contributed by atoms with Gasteiger partial charge in [0, 0.05) is 35.2 Å². The number of nitrogens with two attached hydrogens (primary N) is 1. The van der Waals surface area contributed by atoms with Crippen molar-refractivity contribution < 1.29 is 9.94 Å². The SMILES string of the molecule is CCOc1cnc(-n2c(C(C)C)nc(CC)c(Cc3ccc(-c4ccccc4C(N)=NO)nc3)c2=O)nc1. The third-order valence-electron chi connectivity index (χ3n) is 6.06. The van der Waals surface area contributed by atoms with Gasteiger partial charge in [-0.2, -0.15) is 0 Å². The van der Waals surface area contributed by atoms with E-state index in [-0.39, 0.29) is 23.3 Å². The standard InChI is InChI=1S/C28H31N7O3/c1-5-23-22(13-18-11-12-24(30-14-18)20-9-7-8-10-21(20)25(29)34-37)27(36)35(26(33-23)17(3)4)28-31-15-19(16-32-28)38-6-2/h7-12,14-17,37H,5-6,13H2,1-4H3,(H2,29,34). The van der Waals surface area contributed by atoms with Crippen LogP contribution in [0.15, 0.2) is 64.9 Å². The van der Waals surface area contributed by atoms with E-state index in [0.29, 0.717) is 47.8 Å². The van der Waals surface area contributed by atoms with Crippen molar-refractivity contribution in [2.24, 2.45) is 10.9 Å². The molecule has 0 aliphatic heterocycles. The third-order valence-corrected chi connectivity index (χ3v) is 6.06. The zero-order valence-electron chi connectivity index (χ0n) is 21.9. The number of rotatable bonds is 9. The van der Waals surface area contributed by atoms with Gasteiger partial charge >= 0.3 is 0 Å². The van der Waals surface area contributed by atoms with Crippen LogP contribution >= 0.6 is 0 Å². The number of hydrogen-bond acceptors (Lipinski definition) is 8. The number of aryl methyl sites for hydroxylation is 1. The summed E-state index contributed by atoms with van der Waals surface area (Å²) in [5.74, 6) is 1.38. The van der Waals surface area contributed by atoms with Crippen molar-refractivity contribution in [3.05, 3.63) is 93.6 Å². The first-order valence-electron chi connectivity index (χ1n) is 12.5. The second-order valence-electron chi connectivity index (χ2n) is 8.96. The normalized spacial score (nSPS) is 11.7. The van der Waals surface area contributed by atoms with Crippen LogP contribution in [0, 0.1) is 0 Å². The highest BCUT2D eigenvalue weighted by atomic mass is 16.5. The summed E-state index contributed by atoms with van der Waals surface area (Å²) in [6.45, 7) is 8.34. The first-order chi connectivity index (χ1) is 18.4. The molecule has 0 atom stereocenters. The highest BCUT2D eigenvalue weighted by Gasteiger charge is 2.21. The number of pyridine rings is 1. The molecular weight excluding hydrogens is 482 g/mol. The fraction of sp³-hybridized carbons (Fsp3) is 0.286. The number of oxime groups is 1. The van der Waals surface area contributed by atoms with Crippen molar-refractivity contribution in [3.63, 3.8) is 0 Å². The summed E-state index contributed by atoms with van der Waals surface area (Å²) in [6.07, 6.45) is 5.80. The van der Waals surface area contributed by atoms with Gasteiger partial charge < -0.3 is 15.7 Å². The van der Waals surface area contributed by atoms with Crippen LogP contribution in [0.5, 0.6) is 5.75 Å². The van der Waals surface area contributed by atoms with Crippen LogP contribution < -0.4 is 16.0 Å². The molecule has 4 aromatic rings. The third kappa shape index (κ3) is 5.39. The van der Waals surface area contributed by atoms with Gasteiger partial charge in [0.25, 0.3) is 5.56 Å². The van der Waals surface area contributed by atoms with Crippen molar-refractivity contribution >= 4 is 5.84 Å². The molecule has 0 spiro atoms. The summed E-state index contributed by atoms with van der Waals surface area (Å²) >= 11 is 0. The van der Waals surface area contributed by atoms with E-state index in [1.54, 1.807) is 24.7 Å². The first-order valence-corrected chi connectivity index (χ1v) is 12.5. The van der Waals surface area contributed by atoms with Crippen molar-refractivity contribution in [2.75, 3.05) is 6.61 Å². The molecule has 0 aliphatic rings. The molecule has 196 valence electrons. The van der Waals surface area contributed by atoms with Gasteiger partial charge in [-0.05, 0) is 25.0 Å². The average Bonchev–Trinajstić information content (AvgIpc) is 2.94. The van der Waals surface area contributed by atoms with Gasteiger partial charge in [-0.1, -0.05) is 56.3 Å². The lowest BCUT2D eigenvalue weighted by atomic mass is 10.0. The van der Waals surface area contributed by atoms with E-state index in [1.807, 2.05) is 58.0 Å². The molecular formula is C28H31N7O3. The summed E-state index contributed by atoms with van der Waals surface area (Å²) in [6, 6.07) is 11.1. The zero-order valence-corrected chi connectivity index (χ0v) is 21.9. The molecule has 0 aliphatic carbocycles. The minimum absolute atomic E-state index is 0.00689. The molecule has 1 aromatic carbocycles. The van der Waals surface area contributed by atoms with Crippen molar-refractivity contribution in [3.8, 4) is 23.0 Å². The highest BCUT2D eigenvalue weighted by Crippen LogP contribution is 2.23. The number of ether oxygens (including phenoxy) is 1. The molecule has 0 saturated carbocycles. The Labute approximate surface area is 220 Å². The molecule has 0 saturated heterocycles. The first kappa shape index (κ1) is 26.5. The summed E-state index contributed by atoms with van der Waals surface area (Å²) in [5.41, 5.74) is 9.78. The van der Waals surface area contributed by atoms with Crippen molar-refractivity contribution in [1.82, 2.24) is 24.5 Å². The fourth-order valence-corrected chi connectivity index (χ4v) is 4.21. The summed E-state index contributed by atoms with van der Waals surface area (Å²) in [7, 11) is 0. The Morgan fingerprint density at radius 2 is 1.82 bits per heavy atom. The average molecular weight is 514 g/mol. The molecule has 0 radical (unpaired) electrons. The van der Waals surface area contributed by atoms with Crippen molar-refractivity contribution in [1.29, 1.82) is 0 Å². The number of amidine groups is 1. The Kier molecular flexibility index (Phi) is 8.10. The Morgan fingerprint density at radius 3 is 2.42 bits per heavy atom. The molecule has 3 N–H and O–H groups in total. The van der Waals surface area contributed by atoms with E-state index < -0.39 is 0 Å². The van der Waals surface area contributed by atoms with E-state index in [0.717, 1.165) is 16.8 Å². The van der Waals surface area contributed by atoms with E-state index >= 15 is 0 Å². The number of hydrogen-bond donors (Lipinski definition) is 2. The monoisotopic (exact) mass is 513 g/mol. The largest absolute Gasteiger partial charge is 0.491 e. The lowest BCUT2D eigenvalue weighted by Crippen LogP contribution is -2.31. The Balaban J connectivity index is 1.74. The van der Waals surface area contributed by atoms with Crippen LogP contribution in [0.25, 0.3) is 17.2 Å². The molecule has 0 fully saturated rings. The van der Waals surface area contributed by atoms with E-state index in [4.69, 9.17) is 20.7 Å². The van der Waals surface area contributed by atoms with Crippen molar-refractivity contribution in [2.45, 2.75) is 46.5 Å². The zero-order chi connectivity index (χ0) is 27.2. The topological polar surface area (TPSA) is 141 Å². The lowest BCUT2D eigenvalue weighted by molar-refractivity contribution is 0.318. The van der Waals surface area contributed by atoms with Gasteiger partial charge in [0.2, 0.25) is 5.95 Å². The van der Waals surface area contributed by atoms with Gasteiger partial charge in [-0.3, -0.25) is 9.78 Å². The van der Waals surface area contributed by atoms with Crippen LogP contribution in [-0.4, -0.2) is 42.2 Å². The molecule has 3 aromatic heterocycles.